The molecule has 1 N–H and O–H groups in total. The summed E-state index contributed by atoms with van der Waals surface area (Å²) >= 11 is 0. The Hall–Kier alpha value is -0.0800. The number of hydrogen-bond acceptors (Lipinski definition) is 2. The summed E-state index contributed by atoms with van der Waals surface area (Å²) in [4.78, 5) is 2.82. The number of nitrogens with one attached hydrogen (secondary N) is 1. The van der Waals surface area contributed by atoms with Crippen LogP contribution in [0.3, 0.4) is 0 Å². The van der Waals surface area contributed by atoms with Crippen molar-refractivity contribution in [2.24, 2.45) is 17.8 Å². The van der Waals surface area contributed by atoms with Gasteiger partial charge in [0, 0.05) is 19.1 Å². The van der Waals surface area contributed by atoms with Crippen molar-refractivity contribution in [3.8, 4) is 0 Å². The van der Waals surface area contributed by atoms with Crippen molar-refractivity contribution in [2.75, 3.05) is 26.2 Å². The summed E-state index contributed by atoms with van der Waals surface area (Å²) in [6.45, 7) is 7.60. The van der Waals surface area contributed by atoms with Crippen LogP contribution in [-0.4, -0.2) is 37.1 Å². The first-order chi connectivity index (χ1) is 9.35. The zero-order chi connectivity index (χ0) is 13.1. The lowest BCUT2D eigenvalue weighted by atomic mass is 9.99. The molecule has 0 bridgehead atoms. The van der Waals surface area contributed by atoms with Crippen molar-refractivity contribution >= 4 is 0 Å². The van der Waals surface area contributed by atoms with E-state index in [1.54, 1.807) is 0 Å². The van der Waals surface area contributed by atoms with Crippen molar-refractivity contribution < 1.29 is 0 Å². The van der Waals surface area contributed by atoms with Gasteiger partial charge in [-0.15, -0.1) is 0 Å². The molecule has 0 aromatic heterocycles. The maximum atomic E-state index is 3.71. The first kappa shape index (κ1) is 13.9. The van der Waals surface area contributed by atoms with Crippen molar-refractivity contribution in [1.82, 2.24) is 10.2 Å². The van der Waals surface area contributed by atoms with Gasteiger partial charge in [-0.25, -0.2) is 0 Å². The average molecular weight is 264 g/mol. The third kappa shape index (κ3) is 4.46. The largest absolute Gasteiger partial charge is 0.314 e. The highest BCUT2D eigenvalue weighted by Gasteiger charge is 2.31. The lowest BCUT2D eigenvalue weighted by molar-refractivity contribution is 0.225. The Bertz CT molecular complexity index is 256. The first-order valence-corrected chi connectivity index (χ1v) is 8.81. The van der Waals surface area contributed by atoms with Crippen LogP contribution in [-0.2, 0) is 0 Å². The fourth-order valence-corrected chi connectivity index (χ4v) is 3.85. The topological polar surface area (TPSA) is 15.3 Å². The number of rotatable bonds is 9. The van der Waals surface area contributed by atoms with Crippen molar-refractivity contribution in [3.05, 3.63) is 0 Å². The van der Waals surface area contributed by atoms with Gasteiger partial charge < -0.3 is 10.2 Å². The molecule has 2 nitrogen and oxygen atoms in total. The van der Waals surface area contributed by atoms with E-state index in [2.05, 4.69) is 17.1 Å². The molecule has 110 valence electrons. The third-order valence-corrected chi connectivity index (χ3v) is 5.37. The molecular formula is C17H32N2. The van der Waals surface area contributed by atoms with E-state index in [0.717, 1.165) is 30.3 Å². The molecule has 3 saturated carbocycles. The molecule has 0 spiro atoms. The second-order valence-corrected chi connectivity index (χ2v) is 7.29. The van der Waals surface area contributed by atoms with E-state index in [1.807, 2.05) is 0 Å². The highest BCUT2D eigenvalue weighted by molar-refractivity contribution is 4.86. The maximum Gasteiger partial charge on any atom is 0.00956 e. The van der Waals surface area contributed by atoms with E-state index in [0.29, 0.717) is 0 Å². The van der Waals surface area contributed by atoms with E-state index in [4.69, 9.17) is 0 Å². The Morgan fingerprint density at radius 1 is 0.947 bits per heavy atom. The monoisotopic (exact) mass is 264 g/mol. The maximum absolute atomic E-state index is 3.71. The normalized spacial score (nSPS) is 31.3. The summed E-state index contributed by atoms with van der Waals surface area (Å²) in [6.07, 6.45) is 11.8. The average Bonchev–Trinajstić information content (AvgIpc) is 3.31. The van der Waals surface area contributed by atoms with Crippen LogP contribution < -0.4 is 5.32 Å². The van der Waals surface area contributed by atoms with Gasteiger partial charge in [0.05, 0.1) is 0 Å². The molecule has 3 fully saturated rings. The standard InChI is InChI=1S/C17H32N2/c1-2-18-17-5-3-4-16(17)10-11-19(12-14-6-7-14)13-15-8-9-15/h14-18H,2-13H2,1H3. The summed E-state index contributed by atoms with van der Waals surface area (Å²) in [5, 5.41) is 3.71. The van der Waals surface area contributed by atoms with Crippen molar-refractivity contribution in [1.29, 1.82) is 0 Å². The fourth-order valence-electron chi connectivity index (χ4n) is 3.85. The molecule has 0 aromatic rings. The van der Waals surface area contributed by atoms with Crippen molar-refractivity contribution in [3.63, 3.8) is 0 Å². The van der Waals surface area contributed by atoms with Gasteiger partial charge in [-0.2, -0.15) is 0 Å². The highest BCUT2D eigenvalue weighted by Crippen LogP contribution is 2.35. The number of hydrogen-bond donors (Lipinski definition) is 1. The Morgan fingerprint density at radius 3 is 2.21 bits per heavy atom. The Morgan fingerprint density at radius 2 is 1.63 bits per heavy atom. The van der Waals surface area contributed by atoms with Gasteiger partial charge in [0.2, 0.25) is 0 Å². The van der Waals surface area contributed by atoms with Crippen LogP contribution in [0.5, 0.6) is 0 Å². The molecule has 0 heterocycles. The van der Waals surface area contributed by atoms with Crippen LogP contribution in [0.2, 0.25) is 0 Å². The summed E-state index contributed by atoms with van der Waals surface area (Å²) in [6, 6.07) is 0.827. The molecule has 0 radical (unpaired) electrons. The van der Waals surface area contributed by atoms with Crippen LogP contribution in [0.4, 0.5) is 0 Å². The van der Waals surface area contributed by atoms with Gasteiger partial charge in [0.25, 0.3) is 0 Å². The molecule has 3 aliphatic rings. The molecule has 19 heavy (non-hydrogen) atoms. The first-order valence-electron chi connectivity index (χ1n) is 8.81. The van der Waals surface area contributed by atoms with Crippen LogP contribution in [0, 0.1) is 17.8 Å². The quantitative estimate of drug-likeness (QED) is 0.687. The van der Waals surface area contributed by atoms with E-state index in [9.17, 15) is 0 Å². The Balaban J connectivity index is 1.41. The number of nitrogens with zero attached hydrogens (tertiary/aromatic N) is 1. The van der Waals surface area contributed by atoms with Crippen LogP contribution in [0.25, 0.3) is 0 Å². The minimum absolute atomic E-state index is 0.827. The summed E-state index contributed by atoms with van der Waals surface area (Å²) in [5.74, 6) is 3.08. The molecule has 3 rings (SSSR count). The van der Waals surface area contributed by atoms with Gasteiger partial charge in [0.15, 0.2) is 0 Å². The van der Waals surface area contributed by atoms with Crippen LogP contribution >= 0.6 is 0 Å². The smallest absolute Gasteiger partial charge is 0.00956 e. The molecule has 0 aromatic carbocycles. The van der Waals surface area contributed by atoms with E-state index < -0.39 is 0 Å². The third-order valence-electron chi connectivity index (χ3n) is 5.37. The lowest BCUT2D eigenvalue weighted by Crippen LogP contribution is -2.36. The molecule has 2 unspecified atom stereocenters. The van der Waals surface area contributed by atoms with E-state index in [-0.39, 0.29) is 0 Å². The predicted octanol–water partition coefficient (Wildman–Crippen LogP) is 3.28. The Kier molecular flexibility index (Phi) is 4.81. The second kappa shape index (κ2) is 6.58. The lowest BCUT2D eigenvalue weighted by Gasteiger charge is -2.26. The molecule has 0 aliphatic heterocycles. The zero-order valence-electron chi connectivity index (χ0n) is 12.7. The van der Waals surface area contributed by atoms with E-state index in [1.165, 1.54) is 71.0 Å². The van der Waals surface area contributed by atoms with Crippen LogP contribution in [0.1, 0.15) is 58.3 Å². The van der Waals surface area contributed by atoms with Gasteiger partial charge in [0.1, 0.15) is 0 Å². The zero-order valence-corrected chi connectivity index (χ0v) is 12.7. The molecule has 0 amide bonds. The summed E-state index contributed by atoms with van der Waals surface area (Å²) < 4.78 is 0. The molecule has 2 atom stereocenters. The minimum Gasteiger partial charge on any atom is -0.314 e. The van der Waals surface area contributed by atoms with Gasteiger partial charge >= 0.3 is 0 Å². The SMILES string of the molecule is CCNC1CCCC1CCN(CC1CC1)CC1CC1. The molecule has 3 aliphatic carbocycles. The highest BCUT2D eigenvalue weighted by atomic mass is 15.1. The van der Waals surface area contributed by atoms with E-state index >= 15 is 0 Å². The van der Waals surface area contributed by atoms with Gasteiger partial charge in [-0.05, 0) is 75.8 Å². The fraction of sp³-hybridized carbons (Fsp3) is 1.00. The minimum atomic E-state index is 0.827. The second-order valence-electron chi connectivity index (χ2n) is 7.29. The van der Waals surface area contributed by atoms with Gasteiger partial charge in [-0.3, -0.25) is 0 Å². The Labute approximate surface area is 119 Å². The molecule has 0 saturated heterocycles. The van der Waals surface area contributed by atoms with Crippen molar-refractivity contribution in [2.45, 2.75) is 64.3 Å². The summed E-state index contributed by atoms with van der Waals surface area (Å²) in [5.41, 5.74) is 0. The van der Waals surface area contributed by atoms with Crippen LogP contribution in [0.15, 0.2) is 0 Å². The molecule has 2 heteroatoms. The summed E-state index contributed by atoms with van der Waals surface area (Å²) in [7, 11) is 0. The molecular weight excluding hydrogens is 232 g/mol. The predicted molar refractivity (Wildman–Crippen MR) is 81.3 cm³/mol. The van der Waals surface area contributed by atoms with Gasteiger partial charge in [-0.1, -0.05) is 13.3 Å².